The Hall–Kier alpha value is -2.47. The lowest BCUT2D eigenvalue weighted by molar-refractivity contribution is 0.102. The van der Waals surface area contributed by atoms with Crippen molar-refractivity contribution in [2.45, 2.75) is 0 Å². The molecule has 0 saturated carbocycles. The first kappa shape index (κ1) is 14.0. The smallest absolute Gasteiger partial charge is 0.262 e. The van der Waals surface area contributed by atoms with Crippen LogP contribution >= 0.6 is 12.2 Å². The fourth-order valence-corrected chi connectivity index (χ4v) is 1.91. The minimum atomic E-state index is -0.810. The Kier molecular flexibility index (Phi) is 3.95. The molecule has 0 radical (unpaired) electrons. The van der Waals surface area contributed by atoms with Gasteiger partial charge in [-0.2, -0.15) is 0 Å². The molecule has 0 fully saturated rings. The van der Waals surface area contributed by atoms with Gasteiger partial charge in [0, 0.05) is 5.56 Å². The van der Waals surface area contributed by atoms with E-state index in [2.05, 4.69) is 5.32 Å². The number of para-hydroxylation sites is 1. The predicted molar refractivity (Wildman–Crippen MR) is 78.3 cm³/mol. The summed E-state index contributed by atoms with van der Waals surface area (Å²) >= 11 is 4.87. The minimum absolute atomic E-state index is 0.110. The number of amides is 1. The van der Waals surface area contributed by atoms with E-state index in [1.54, 1.807) is 24.3 Å². The molecular formula is C14H11FN2O2S. The zero-order valence-electron chi connectivity index (χ0n) is 10.3. The number of aromatic hydroxyl groups is 1. The number of thiocarbonyl (C=S) groups is 1. The molecule has 2 aromatic rings. The summed E-state index contributed by atoms with van der Waals surface area (Å²) in [6.45, 7) is 0. The maximum Gasteiger partial charge on any atom is 0.262 e. The van der Waals surface area contributed by atoms with E-state index in [9.17, 15) is 14.3 Å². The van der Waals surface area contributed by atoms with Gasteiger partial charge >= 0.3 is 0 Å². The molecular weight excluding hydrogens is 279 g/mol. The Morgan fingerprint density at radius 3 is 2.55 bits per heavy atom. The highest BCUT2D eigenvalue weighted by molar-refractivity contribution is 7.80. The van der Waals surface area contributed by atoms with Gasteiger partial charge in [-0.3, -0.25) is 4.79 Å². The minimum Gasteiger partial charge on any atom is -0.507 e. The van der Waals surface area contributed by atoms with Crippen LogP contribution in [0.2, 0.25) is 0 Å². The van der Waals surface area contributed by atoms with Crippen molar-refractivity contribution in [1.82, 2.24) is 0 Å². The van der Waals surface area contributed by atoms with Crippen LogP contribution in [0.4, 0.5) is 10.1 Å². The molecule has 0 saturated heterocycles. The van der Waals surface area contributed by atoms with E-state index in [1.165, 1.54) is 12.1 Å². The van der Waals surface area contributed by atoms with Crippen molar-refractivity contribution in [3.8, 4) is 5.75 Å². The van der Waals surface area contributed by atoms with E-state index >= 15 is 0 Å². The molecule has 4 N–H and O–H groups in total. The van der Waals surface area contributed by atoms with Crippen LogP contribution in [0, 0.1) is 5.82 Å². The number of nitrogens with one attached hydrogen (secondary N) is 1. The number of benzene rings is 2. The summed E-state index contributed by atoms with van der Waals surface area (Å²) in [7, 11) is 0. The van der Waals surface area contributed by atoms with Gasteiger partial charge in [0.05, 0.1) is 5.69 Å². The summed E-state index contributed by atoms with van der Waals surface area (Å²) in [6.07, 6.45) is 0. The molecule has 0 bridgehead atoms. The van der Waals surface area contributed by atoms with Gasteiger partial charge in [-0.25, -0.2) is 4.39 Å². The first-order valence-electron chi connectivity index (χ1n) is 5.68. The van der Waals surface area contributed by atoms with Crippen molar-refractivity contribution >= 4 is 28.8 Å². The Labute approximate surface area is 120 Å². The number of phenols is 1. The van der Waals surface area contributed by atoms with Gasteiger partial charge < -0.3 is 16.2 Å². The third kappa shape index (κ3) is 2.75. The molecule has 0 aliphatic rings. The maximum atomic E-state index is 13.6. The van der Waals surface area contributed by atoms with Crippen molar-refractivity contribution in [3.63, 3.8) is 0 Å². The molecule has 4 nitrogen and oxygen atoms in total. The van der Waals surface area contributed by atoms with E-state index in [0.717, 1.165) is 6.07 Å². The fraction of sp³-hybridized carbons (Fsp3) is 0. The summed E-state index contributed by atoms with van der Waals surface area (Å²) < 4.78 is 13.6. The largest absolute Gasteiger partial charge is 0.507 e. The second kappa shape index (κ2) is 5.66. The molecule has 2 aromatic carbocycles. The Bertz CT molecular complexity index is 668. The van der Waals surface area contributed by atoms with E-state index in [0.29, 0.717) is 11.3 Å². The van der Waals surface area contributed by atoms with Crippen LogP contribution in [0.1, 0.15) is 15.9 Å². The van der Waals surface area contributed by atoms with Crippen LogP contribution in [0.15, 0.2) is 42.5 Å². The van der Waals surface area contributed by atoms with Gasteiger partial charge in [-0.05, 0) is 24.3 Å². The number of anilines is 1. The standard InChI is InChI=1S/C14H11FN2O2S/c15-9-5-3-7-11(18)12(9)14(19)17-10-6-2-1-4-8(10)13(16)20/h1-7,18H,(H2,16,20)(H,17,19). The van der Waals surface area contributed by atoms with Crippen LogP contribution in [0.5, 0.6) is 5.75 Å². The monoisotopic (exact) mass is 290 g/mol. The molecule has 2 rings (SSSR count). The number of carbonyl (C=O) groups is 1. The maximum absolute atomic E-state index is 13.6. The number of phenolic OH excluding ortho intramolecular Hbond substituents is 1. The topological polar surface area (TPSA) is 75.3 Å². The zero-order valence-corrected chi connectivity index (χ0v) is 11.1. The quantitative estimate of drug-likeness (QED) is 0.759. The third-order valence-electron chi connectivity index (χ3n) is 2.66. The molecule has 0 heterocycles. The van der Waals surface area contributed by atoms with Crippen LogP contribution < -0.4 is 11.1 Å². The van der Waals surface area contributed by atoms with Crippen molar-refractivity contribution in [3.05, 3.63) is 59.4 Å². The number of rotatable bonds is 3. The van der Waals surface area contributed by atoms with Crippen molar-refractivity contribution in [2.75, 3.05) is 5.32 Å². The van der Waals surface area contributed by atoms with Crippen molar-refractivity contribution < 1.29 is 14.3 Å². The second-order valence-corrected chi connectivity index (χ2v) is 4.44. The van der Waals surface area contributed by atoms with E-state index in [1.807, 2.05) is 0 Å². The number of hydrogen-bond acceptors (Lipinski definition) is 3. The normalized spacial score (nSPS) is 10.1. The summed E-state index contributed by atoms with van der Waals surface area (Å²) in [5, 5.41) is 12.1. The van der Waals surface area contributed by atoms with E-state index < -0.39 is 23.0 Å². The summed E-state index contributed by atoms with van der Waals surface area (Å²) in [5.41, 5.74) is 5.94. The highest BCUT2D eigenvalue weighted by atomic mass is 32.1. The van der Waals surface area contributed by atoms with Crippen molar-refractivity contribution in [2.24, 2.45) is 5.73 Å². The average molecular weight is 290 g/mol. The highest BCUT2D eigenvalue weighted by Gasteiger charge is 2.17. The zero-order chi connectivity index (χ0) is 14.7. The van der Waals surface area contributed by atoms with Gasteiger partial charge in [0.2, 0.25) is 0 Å². The summed E-state index contributed by atoms with van der Waals surface area (Å²) in [4.78, 5) is 12.1. The number of nitrogens with two attached hydrogens (primary N) is 1. The molecule has 0 aromatic heterocycles. The van der Waals surface area contributed by atoms with Crippen LogP contribution in [-0.2, 0) is 0 Å². The molecule has 0 atom stereocenters. The Morgan fingerprint density at radius 2 is 1.90 bits per heavy atom. The van der Waals surface area contributed by atoms with E-state index in [4.69, 9.17) is 18.0 Å². The van der Waals surface area contributed by atoms with Crippen LogP contribution in [0.25, 0.3) is 0 Å². The van der Waals surface area contributed by atoms with Gasteiger partial charge in [0.25, 0.3) is 5.91 Å². The van der Waals surface area contributed by atoms with Gasteiger partial charge in [0.1, 0.15) is 22.1 Å². The lowest BCUT2D eigenvalue weighted by Gasteiger charge is -2.11. The molecule has 102 valence electrons. The Balaban J connectivity index is 2.36. The second-order valence-electron chi connectivity index (χ2n) is 4.00. The van der Waals surface area contributed by atoms with Crippen molar-refractivity contribution in [1.29, 1.82) is 0 Å². The molecule has 0 aliphatic carbocycles. The average Bonchev–Trinajstić information content (AvgIpc) is 2.38. The lowest BCUT2D eigenvalue weighted by Crippen LogP contribution is -2.18. The summed E-state index contributed by atoms with van der Waals surface area (Å²) in [6, 6.07) is 10.3. The molecule has 0 spiro atoms. The fourth-order valence-electron chi connectivity index (χ4n) is 1.73. The first-order chi connectivity index (χ1) is 9.50. The SMILES string of the molecule is NC(=S)c1ccccc1NC(=O)c1c(O)cccc1F. The molecule has 0 aliphatic heterocycles. The first-order valence-corrected chi connectivity index (χ1v) is 6.09. The van der Waals surface area contributed by atoms with E-state index in [-0.39, 0.29) is 4.99 Å². The molecule has 6 heteroatoms. The van der Waals surface area contributed by atoms with Gasteiger partial charge in [-0.1, -0.05) is 30.4 Å². The number of hydrogen-bond donors (Lipinski definition) is 3. The molecule has 1 amide bonds. The Morgan fingerprint density at radius 1 is 1.20 bits per heavy atom. The third-order valence-corrected chi connectivity index (χ3v) is 2.88. The van der Waals surface area contributed by atoms with Crippen LogP contribution in [-0.4, -0.2) is 16.0 Å². The van der Waals surface area contributed by atoms with Gasteiger partial charge in [-0.15, -0.1) is 0 Å². The number of carbonyl (C=O) groups excluding carboxylic acids is 1. The van der Waals surface area contributed by atoms with Crippen LogP contribution in [0.3, 0.4) is 0 Å². The van der Waals surface area contributed by atoms with Gasteiger partial charge in [0.15, 0.2) is 0 Å². The molecule has 20 heavy (non-hydrogen) atoms. The number of halogens is 1. The lowest BCUT2D eigenvalue weighted by atomic mass is 10.1. The molecule has 0 unspecified atom stereocenters. The predicted octanol–water partition coefficient (Wildman–Crippen LogP) is 2.42. The summed E-state index contributed by atoms with van der Waals surface area (Å²) in [5.74, 6) is -2.02. The highest BCUT2D eigenvalue weighted by Crippen LogP contribution is 2.22.